The zero-order valence-electron chi connectivity index (χ0n) is 10.7. The third kappa shape index (κ3) is 2.65. The lowest BCUT2D eigenvalue weighted by Crippen LogP contribution is -2.47. The number of anilines is 2. The average molecular weight is 283 g/mol. The lowest BCUT2D eigenvalue weighted by molar-refractivity contribution is 0.100. The fourth-order valence-electron chi connectivity index (χ4n) is 2.37. The molecule has 0 radical (unpaired) electrons. The Bertz CT molecular complexity index is 613. The van der Waals surface area contributed by atoms with E-state index in [4.69, 9.17) is 11.5 Å². The second kappa shape index (κ2) is 4.73. The molecule has 19 heavy (non-hydrogen) atoms. The van der Waals surface area contributed by atoms with Crippen LogP contribution < -0.4 is 16.4 Å². The van der Waals surface area contributed by atoms with Crippen molar-refractivity contribution in [3.63, 3.8) is 0 Å². The number of primary amides is 1. The zero-order chi connectivity index (χ0) is 14.2. The van der Waals surface area contributed by atoms with Crippen LogP contribution in [0.5, 0.6) is 0 Å². The topological polar surface area (TPSA) is 106 Å². The highest BCUT2D eigenvalue weighted by Crippen LogP contribution is 2.29. The fourth-order valence-corrected chi connectivity index (χ4v) is 3.93. The van der Waals surface area contributed by atoms with Crippen LogP contribution in [0.2, 0.25) is 0 Å². The van der Waals surface area contributed by atoms with Crippen LogP contribution in [0.3, 0.4) is 0 Å². The van der Waals surface area contributed by atoms with Gasteiger partial charge in [0.05, 0.1) is 28.4 Å². The van der Waals surface area contributed by atoms with E-state index in [9.17, 15) is 13.2 Å². The van der Waals surface area contributed by atoms with Crippen molar-refractivity contribution < 1.29 is 13.2 Å². The van der Waals surface area contributed by atoms with Crippen LogP contribution in [0.1, 0.15) is 17.3 Å². The molecule has 1 aromatic carbocycles. The van der Waals surface area contributed by atoms with Crippen molar-refractivity contribution in [3.05, 3.63) is 23.8 Å². The highest BCUT2D eigenvalue weighted by atomic mass is 32.2. The maximum absolute atomic E-state index is 11.6. The van der Waals surface area contributed by atoms with Crippen molar-refractivity contribution in [2.45, 2.75) is 13.0 Å². The van der Waals surface area contributed by atoms with Gasteiger partial charge in [0.25, 0.3) is 5.91 Å². The van der Waals surface area contributed by atoms with E-state index in [-0.39, 0.29) is 23.1 Å². The van der Waals surface area contributed by atoms with E-state index < -0.39 is 15.7 Å². The Morgan fingerprint density at radius 2 is 2.11 bits per heavy atom. The van der Waals surface area contributed by atoms with Gasteiger partial charge in [0.1, 0.15) is 0 Å². The fraction of sp³-hybridized carbons (Fsp3) is 0.417. The maximum Gasteiger partial charge on any atom is 0.250 e. The molecule has 1 fully saturated rings. The molecule has 104 valence electrons. The van der Waals surface area contributed by atoms with E-state index in [0.29, 0.717) is 17.9 Å². The number of nitrogen functional groups attached to an aromatic ring is 1. The van der Waals surface area contributed by atoms with Gasteiger partial charge in [-0.1, -0.05) is 6.07 Å². The first kappa shape index (κ1) is 13.7. The molecule has 1 aliphatic rings. The molecule has 6 nitrogen and oxygen atoms in total. The van der Waals surface area contributed by atoms with Gasteiger partial charge in [-0.05, 0) is 19.1 Å². The van der Waals surface area contributed by atoms with Crippen molar-refractivity contribution in [3.8, 4) is 0 Å². The Kier molecular flexibility index (Phi) is 3.40. The van der Waals surface area contributed by atoms with Crippen LogP contribution in [-0.2, 0) is 9.84 Å². The number of sulfone groups is 1. The Balaban J connectivity index is 2.38. The van der Waals surface area contributed by atoms with Crippen molar-refractivity contribution in [2.24, 2.45) is 5.73 Å². The van der Waals surface area contributed by atoms with E-state index in [1.165, 1.54) is 0 Å². The van der Waals surface area contributed by atoms with Gasteiger partial charge in [-0.25, -0.2) is 8.42 Å². The summed E-state index contributed by atoms with van der Waals surface area (Å²) in [6, 6.07) is 4.86. The van der Waals surface area contributed by atoms with Gasteiger partial charge in [-0.2, -0.15) is 0 Å². The van der Waals surface area contributed by atoms with Crippen LogP contribution in [0, 0.1) is 0 Å². The molecule has 1 aromatic rings. The molecule has 0 aliphatic carbocycles. The van der Waals surface area contributed by atoms with E-state index in [2.05, 4.69) is 0 Å². The predicted molar refractivity (Wildman–Crippen MR) is 74.8 cm³/mol. The quantitative estimate of drug-likeness (QED) is 0.742. The Hall–Kier alpha value is -1.76. The molecule has 0 saturated carbocycles. The van der Waals surface area contributed by atoms with Gasteiger partial charge in [0.2, 0.25) is 0 Å². The number of carbonyl (C=O) groups excluding carboxylic acids is 1. The molecule has 7 heteroatoms. The molecular weight excluding hydrogens is 266 g/mol. The van der Waals surface area contributed by atoms with E-state index >= 15 is 0 Å². The highest BCUT2D eigenvalue weighted by Gasteiger charge is 2.29. The lowest BCUT2D eigenvalue weighted by Gasteiger charge is -2.36. The lowest BCUT2D eigenvalue weighted by atomic mass is 10.1. The molecule has 1 unspecified atom stereocenters. The number of hydrogen-bond donors (Lipinski definition) is 2. The minimum atomic E-state index is -2.99. The number of rotatable bonds is 2. The summed E-state index contributed by atoms with van der Waals surface area (Å²) in [6.07, 6.45) is 0. The van der Waals surface area contributed by atoms with Gasteiger partial charge in [0.15, 0.2) is 9.84 Å². The van der Waals surface area contributed by atoms with Gasteiger partial charge in [0, 0.05) is 12.6 Å². The summed E-state index contributed by atoms with van der Waals surface area (Å²) in [5.41, 5.74) is 12.4. The number of hydrogen-bond acceptors (Lipinski definition) is 5. The number of amides is 1. The molecule has 1 heterocycles. The highest BCUT2D eigenvalue weighted by molar-refractivity contribution is 7.91. The molecule has 1 aliphatic heterocycles. The number of carbonyl (C=O) groups is 1. The first-order chi connectivity index (χ1) is 8.82. The summed E-state index contributed by atoms with van der Waals surface area (Å²) >= 11 is 0. The predicted octanol–water partition coefficient (Wildman–Crippen LogP) is -0.00900. The van der Waals surface area contributed by atoms with E-state index in [0.717, 1.165) is 0 Å². The number of para-hydroxylation sites is 1. The van der Waals surface area contributed by atoms with Crippen molar-refractivity contribution in [2.75, 3.05) is 28.7 Å². The number of nitrogens with zero attached hydrogens (tertiary/aromatic N) is 1. The molecular formula is C12H17N3O3S. The van der Waals surface area contributed by atoms with Crippen molar-refractivity contribution in [1.82, 2.24) is 0 Å². The summed E-state index contributed by atoms with van der Waals surface area (Å²) in [5.74, 6) is -0.401. The van der Waals surface area contributed by atoms with Gasteiger partial charge in [-0.3, -0.25) is 4.79 Å². The molecule has 1 amide bonds. The van der Waals surface area contributed by atoms with Crippen LogP contribution in [0.4, 0.5) is 11.4 Å². The van der Waals surface area contributed by atoms with E-state index in [1.807, 2.05) is 11.8 Å². The van der Waals surface area contributed by atoms with Crippen LogP contribution in [0.25, 0.3) is 0 Å². The third-order valence-corrected chi connectivity index (χ3v) is 5.12. The minimum absolute atomic E-state index is 0.0905. The summed E-state index contributed by atoms with van der Waals surface area (Å²) in [7, 11) is -2.99. The Morgan fingerprint density at radius 3 is 2.68 bits per heavy atom. The van der Waals surface area contributed by atoms with Gasteiger partial charge < -0.3 is 16.4 Å². The molecule has 0 spiro atoms. The molecule has 4 N–H and O–H groups in total. The van der Waals surface area contributed by atoms with Crippen LogP contribution >= 0.6 is 0 Å². The first-order valence-electron chi connectivity index (χ1n) is 5.97. The standard InChI is InChI=1S/C12H17N3O3S/c1-8-7-19(17,18)6-5-15(8)10-4-2-3-9(11(10)13)12(14)16/h2-4,8H,5-7,13H2,1H3,(H2,14,16). The Labute approximate surface area is 112 Å². The van der Waals surface area contributed by atoms with E-state index in [1.54, 1.807) is 18.2 Å². The van der Waals surface area contributed by atoms with Crippen LogP contribution in [-0.4, -0.2) is 38.4 Å². The molecule has 1 atom stereocenters. The SMILES string of the molecule is CC1CS(=O)(=O)CCN1c1cccc(C(N)=O)c1N. The summed E-state index contributed by atoms with van der Waals surface area (Å²) in [5, 5.41) is 0. The van der Waals surface area contributed by atoms with Crippen molar-refractivity contribution >= 4 is 27.1 Å². The smallest absolute Gasteiger partial charge is 0.250 e. The van der Waals surface area contributed by atoms with Crippen LogP contribution in [0.15, 0.2) is 18.2 Å². The third-order valence-electron chi connectivity index (χ3n) is 3.33. The first-order valence-corrected chi connectivity index (χ1v) is 7.79. The Morgan fingerprint density at radius 1 is 1.42 bits per heavy atom. The zero-order valence-corrected chi connectivity index (χ0v) is 11.5. The monoisotopic (exact) mass is 283 g/mol. The number of benzene rings is 1. The second-order valence-electron chi connectivity index (χ2n) is 4.76. The molecule has 0 bridgehead atoms. The molecule has 0 aromatic heterocycles. The summed E-state index contributed by atoms with van der Waals surface area (Å²) in [6.45, 7) is 2.20. The summed E-state index contributed by atoms with van der Waals surface area (Å²) < 4.78 is 23.1. The number of nitrogens with two attached hydrogens (primary N) is 2. The van der Waals surface area contributed by atoms with Gasteiger partial charge >= 0.3 is 0 Å². The van der Waals surface area contributed by atoms with Crippen molar-refractivity contribution in [1.29, 1.82) is 0 Å². The summed E-state index contributed by atoms with van der Waals surface area (Å²) in [4.78, 5) is 13.2. The normalized spacial score (nSPS) is 22.2. The largest absolute Gasteiger partial charge is 0.396 e. The average Bonchev–Trinajstić information content (AvgIpc) is 2.29. The maximum atomic E-state index is 11.6. The molecule has 1 saturated heterocycles. The second-order valence-corrected chi connectivity index (χ2v) is 6.99. The molecule has 2 rings (SSSR count). The van der Waals surface area contributed by atoms with Gasteiger partial charge in [-0.15, -0.1) is 0 Å². The minimum Gasteiger partial charge on any atom is -0.396 e.